The first kappa shape index (κ1) is 26.0. The second kappa shape index (κ2) is 9.89. The fraction of sp³-hybridized carbons (Fsp3) is 0. The Bertz CT molecular complexity index is 2920. The Labute approximate surface area is 273 Å². The highest BCUT2D eigenvalue weighted by molar-refractivity contribution is 7.25. The SMILES string of the molecule is N#Cc1ccc2c(c1)c1cc(-c3ccc4cc(-c5ccc6nc7c8ccccc8sc7n6c5)ccc4c3)ccc1n2-c1ccccc1. The van der Waals surface area contributed by atoms with Gasteiger partial charge in [0.15, 0.2) is 0 Å². The molecule has 10 aromatic rings. The van der Waals surface area contributed by atoms with Gasteiger partial charge in [-0.15, -0.1) is 11.3 Å². The van der Waals surface area contributed by atoms with E-state index in [1.807, 2.05) is 18.2 Å². The van der Waals surface area contributed by atoms with E-state index in [9.17, 15) is 5.26 Å². The van der Waals surface area contributed by atoms with E-state index in [1.165, 1.54) is 31.3 Å². The van der Waals surface area contributed by atoms with Gasteiger partial charge in [0.25, 0.3) is 0 Å². The number of fused-ring (bicyclic) bond motifs is 9. The minimum atomic E-state index is 0.664. The summed E-state index contributed by atoms with van der Waals surface area (Å²) in [6.45, 7) is 0. The van der Waals surface area contributed by atoms with Crippen molar-refractivity contribution in [2.24, 2.45) is 0 Å². The number of benzene rings is 6. The van der Waals surface area contributed by atoms with E-state index in [4.69, 9.17) is 4.98 Å². The summed E-state index contributed by atoms with van der Waals surface area (Å²) in [5.74, 6) is 0. The monoisotopic (exact) mass is 616 g/mol. The molecule has 0 spiro atoms. The molecule has 0 bridgehead atoms. The van der Waals surface area contributed by atoms with Crippen molar-refractivity contribution < 1.29 is 0 Å². The number of aromatic nitrogens is 3. The van der Waals surface area contributed by atoms with E-state index < -0.39 is 0 Å². The molecule has 47 heavy (non-hydrogen) atoms. The lowest BCUT2D eigenvalue weighted by molar-refractivity contribution is 1.18. The Morgan fingerprint density at radius 2 is 1.23 bits per heavy atom. The van der Waals surface area contributed by atoms with Gasteiger partial charge in [0.05, 0.1) is 22.7 Å². The number of hydrogen-bond donors (Lipinski definition) is 0. The van der Waals surface area contributed by atoms with Gasteiger partial charge >= 0.3 is 0 Å². The van der Waals surface area contributed by atoms with Crippen LogP contribution in [0.2, 0.25) is 0 Å². The normalized spacial score (nSPS) is 11.8. The fourth-order valence-corrected chi connectivity index (χ4v) is 8.18. The van der Waals surface area contributed by atoms with Crippen molar-refractivity contribution in [3.8, 4) is 34.0 Å². The van der Waals surface area contributed by atoms with Crippen molar-refractivity contribution in [1.29, 1.82) is 5.26 Å². The van der Waals surface area contributed by atoms with Crippen LogP contribution in [0.25, 0.3) is 86.6 Å². The third-order valence-corrected chi connectivity index (χ3v) is 10.5. The molecular weight excluding hydrogens is 593 g/mol. The average Bonchev–Trinajstić information content (AvgIpc) is 3.78. The second-order valence-electron chi connectivity index (χ2n) is 12.0. The third-order valence-electron chi connectivity index (χ3n) is 9.34. The maximum absolute atomic E-state index is 9.66. The van der Waals surface area contributed by atoms with E-state index in [2.05, 4.69) is 143 Å². The largest absolute Gasteiger partial charge is 0.309 e. The predicted molar refractivity (Wildman–Crippen MR) is 196 cm³/mol. The smallest absolute Gasteiger partial charge is 0.138 e. The first-order valence-corrected chi connectivity index (χ1v) is 16.4. The number of hydrogen-bond acceptors (Lipinski definition) is 3. The number of nitrogens with zero attached hydrogens (tertiary/aromatic N) is 4. The second-order valence-corrected chi connectivity index (χ2v) is 13.1. The highest BCUT2D eigenvalue weighted by atomic mass is 32.1. The molecule has 0 aliphatic rings. The van der Waals surface area contributed by atoms with Crippen LogP contribution in [0.5, 0.6) is 0 Å². The van der Waals surface area contributed by atoms with Gasteiger partial charge in [-0.3, -0.25) is 4.40 Å². The molecule has 4 nitrogen and oxygen atoms in total. The standard InChI is InChI=1S/C42H24N4S/c43-24-26-10-17-37-35(20-26)36-23-31(15-18-38(36)46(37)33-6-2-1-3-7-33)29-12-11-28-22-30(14-13-27(28)21-29)32-16-19-40-44-41-34-8-4-5-9-39(34)47-42(41)45(40)25-32/h1-23,25H. The van der Waals surface area contributed by atoms with Crippen LogP contribution in [-0.4, -0.2) is 14.0 Å². The summed E-state index contributed by atoms with van der Waals surface area (Å²) in [6, 6.07) is 51.6. The van der Waals surface area contributed by atoms with Crippen LogP contribution in [0.1, 0.15) is 5.56 Å². The number of nitriles is 1. The summed E-state index contributed by atoms with van der Waals surface area (Å²) in [6.07, 6.45) is 2.22. The molecule has 0 saturated carbocycles. The molecule has 10 rings (SSSR count). The van der Waals surface area contributed by atoms with Gasteiger partial charge in [-0.1, -0.05) is 66.7 Å². The summed E-state index contributed by atoms with van der Waals surface area (Å²) >= 11 is 1.79. The number of rotatable bonds is 3. The van der Waals surface area contributed by atoms with Crippen LogP contribution in [0.3, 0.4) is 0 Å². The molecule has 0 aliphatic heterocycles. The van der Waals surface area contributed by atoms with Gasteiger partial charge in [0, 0.05) is 32.7 Å². The lowest BCUT2D eigenvalue weighted by atomic mass is 9.97. The van der Waals surface area contributed by atoms with Crippen LogP contribution >= 0.6 is 11.3 Å². The molecule has 0 atom stereocenters. The van der Waals surface area contributed by atoms with Crippen molar-refractivity contribution in [2.75, 3.05) is 0 Å². The molecule has 0 fully saturated rings. The third kappa shape index (κ3) is 3.96. The van der Waals surface area contributed by atoms with Crippen LogP contribution < -0.4 is 0 Å². The number of imidazole rings is 1. The molecule has 0 unspecified atom stereocenters. The Kier molecular flexibility index (Phi) is 5.48. The summed E-state index contributed by atoms with van der Waals surface area (Å²) in [5, 5.41) is 15.5. The van der Waals surface area contributed by atoms with Crippen LogP contribution in [-0.2, 0) is 0 Å². The highest BCUT2D eigenvalue weighted by Crippen LogP contribution is 2.38. The molecule has 6 aromatic carbocycles. The Hall–Kier alpha value is -6.22. The van der Waals surface area contributed by atoms with Gasteiger partial charge < -0.3 is 4.57 Å². The van der Waals surface area contributed by atoms with Gasteiger partial charge in [-0.25, -0.2) is 4.98 Å². The number of pyridine rings is 1. The highest BCUT2D eigenvalue weighted by Gasteiger charge is 2.15. The number of thiophene rings is 1. The maximum Gasteiger partial charge on any atom is 0.138 e. The summed E-state index contributed by atoms with van der Waals surface area (Å²) in [7, 11) is 0. The zero-order valence-electron chi connectivity index (χ0n) is 25.1. The number of para-hydroxylation sites is 1. The zero-order chi connectivity index (χ0) is 31.1. The maximum atomic E-state index is 9.66. The Balaban J connectivity index is 1.06. The molecule has 0 radical (unpaired) electrons. The molecule has 4 aromatic heterocycles. The van der Waals surface area contributed by atoms with Gasteiger partial charge in [0.2, 0.25) is 0 Å². The fourth-order valence-electron chi connectivity index (χ4n) is 7.05. The van der Waals surface area contributed by atoms with Crippen molar-refractivity contribution in [3.63, 3.8) is 0 Å². The average molecular weight is 617 g/mol. The zero-order valence-corrected chi connectivity index (χ0v) is 25.9. The van der Waals surface area contributed by atoms with Crippen LogP contribution in [0, 0.1) is 11.3 Å². The first-order chi connectivity index (χ1) is 23.2. The lowest BCUT2D eigenvalue weighted by Gasteiger charge is -2.09. The molecule has 0 N–H and O–H groups in total. The first-order valence-electron chi connectivity index (χ1n) is 15.6. The summed E-state index contributed by atoms with van der Waals surface area (Å²) < 4.78 is 5.77. The Morgan fingerprint density at radius 3 is 2.04 bits per heavy atom. The van der Waals surface area contributed by atoms with Crippen molar-refractivity contribution >= 4 is 70.0 Å². The molecular formula is C42H24N4S. The van der Waals surface area contributed by atoms with Gasteiger partial charge in [-0.2, -0.15) is 5.26 Å². The van der Waals surface area contributed by atoms with Crippen molar-refractivity contribution in [3.05, 3.63) is 151 Å². The minimum absolute atomic E-state index is 0.664. The topological polar surface area (TPSA) is 46.0 Å². The molecule has 5 heteroatoms. The van der Waals surface area contributed by atoms with Crippen molar-refractivity contribution in [1.82, 2.24) is 14.0 Å². The molecule has 4 heterocycles. The van der Waals surface area contributed by atoms with E-state index in [1.54, 1.807) is 11.3 Å². The predicted octanol–water partition coefficient (Wildman–Crippen LogP) is 11.2. The summed E-state index contributed by atoms with van der Waals surface area (Å²) in [5.41, 5.74) is 10.7. The molecule has 0 saturated heterocycles. The van der Waals surface area contributed by atoms with Gasteiger partial charge in [0.1, 0.15) is 16.0 Å². The Morgan fingerprint density at radius 1 is 0.574 bits per heavy atom. The summed E-state index contributed by atoms with van der Waals surface area (Å²) in [4.78, 5) is 6.13. The molecule has 218 valence electrons. The quantitative estimate of drug-likeness (QED) is 0.198. The van der Waals surface area contributed by atoms with E-state index in [0.717, 1.165) is 55.3 Å². The van der Waals surface area contributed by atoms with Crippen molar-refractivity contribution in [2.45, 2.75) is 0 Å². The molecule has 0 amide bonds. The van der Waals surface area contributed by atoms with E-state index in [-0.39, 0.29) is 0 Å². The minimum Gasteiger partial charge on any atom is -0.309 e. The molecule has 0 aliphatic carbocycles. The van der Waals surface area contributed by atoms with Gasteiger partial charge in [-0.05, 0) is 106 Å². The van der Waals surface area contributed by atoms with E-state index in [0.29, 0.717) is 5.56 Å². The van der Waals surface area contributed by atoms with Crippen LogP contribution in [0.4, 0.5) is 0 Å². The van der Waals surface area contributed by atoms with Crippen LogP contribution in [0.15, 0.2) is 146 Å². The van der Waals surface area contributed by atoms with E-state index >= 15 is 0 Å². The lowest BCUT2D eigenvalue weighted by Crippen LogP contribution is -1.93.